The highest BCUT2D eigenvalue weighted by atomic mass is 127. The molecule has 1 aliphatic rings. The van der Waals surface area contributed by atoms with Crippen LogP contribution in [0.3, 0.4) is 0 Å². The zero-order chi connectivity index (χ0) is 19.5. The summed E-state index contributed by atoms with van der Waals surface area (Å²) in [6.07, 6.45) is 0.0562. The molecule has 2 N–H and O–H groups in total. The van der Waals surface area contributed by atoms with E-state index < -0.39 is 0 Å². The first-order chi connectivity index (χ1) is 13.1. The van der Waals surface area contributed by atoms with Gasteiger partial charge in [0.1, 0.15) is 11.9 Å². The standard InChI is InChI=1S/C21H36N4O2.HI/c1-5-22-21(23-14-17(2)16-25-10-12-26-13-11-25)24-15-19(4)27-20-9-7-6-8-18(20)3;/h6-9,17,19H,5,10-16H2,1-4H3,(H2,22,23,24);1H. The molecule has 7 heteroatoms. The summed E-state index contributed by atoms with van der Waals surface area (Å²) in [6, 6.07) is 8.11. The van der Waals surface area contributed by atoms with Crippen molar-refractivity contribution in [1.82, 2.24) is 15.5 Å². The Hall–Kier alpha value is -1.06. The van der Waals surface area contributed by atoms with Crippen LogP contribution in [0.5, 0.6) is 5.75 Å². The Morgan fingerprint density at radius 2 is 1.93 bits per heavy atom. The fraction of sp³-hybridized carbons (Fsp3) is 0.667. The summed E-state index contributed by atoms with van der Waals surface area (Å²) < 4.78 is 11.5. The summed E-state index contributed by atoms with van der Waals surface area (Å²) in [7, 11) is 0. The second kappa shape index (κ2) is 14.0. The van der Waals surface area contributed by atoms with E-state index in [2.05, 4.69) is 49.3 Å². The van der Waals surface area contributed by atoms with E-state index in [4.69, 9.17) is 14.5 Å². The number of benzene rings is 1. The Morgan fingerprint density at radius 1 is 1.21 bits per heavy atom. The highest BCUT2D eigenvalue weighted by molar-refractivity contribution is 14.0. The minimum Gasteiger partial charge on any atom is -0.489 e. The second-order valence-electron chi connectivity index (χ2n) is 7.31. The maximum Gasteiger partial charge on any atom is 0.191 e. The number of nitrogens with one attached hydrogen (secondary N) is 2. The minimum absolute atomic E-state index is 0. The third kappa shape index (κ3) is 9.43. The lowest BCUT2D eigenvalue weighted by Crippen LogP contribution is -2.42. The van der Waals surface area contributed by atoms with Crippen molar-refractivity contribution in [3.05, 3.63) is 29.8 Å². The van der Waals surface area contributed by atoms with E-state index in [9.17, 15) is 0 Å². The Balaban J connectivity index is 0.00000392. The van der Waals surface area contributed by atoms with Gasteiger partial charge in [-0.1, -0.05) is 25.1 Å². The molecular formula is C21H37IN4O2. The first-order valence-corrected chi connectivity index (χ1v) is 10.1. The van der Waals surface area contributed by atoms with Crippen molar-refractivity contribution in [1.29, 1.82) is 0 Å². The number of rotatable bonds is 9. The molecule has 28 heavy (non-hydrogen) atoms. The first kappa shape index (κ1) is 25.0. The molecule has 1 aromatic carbocycles. The van der Waals surface area contributed by atoms with Crippen LogP contribution in [0.25, 0.3) is 0 Å². The molecular weight excluding hydrogens is 467 g/mol. The molecule has 1 heterocycles. The maximum atomic E-state index is 6.04. The van der Waals surface area contributed by atoms with E-state index in [0.29, 0.717) is 12.5 Å². The molecule has 0 bridgehead atoms. The topological polar surface area (TPSA) is 58.1 Å². The number of hydrogen-bond donors (Lipinski definition) is 2. The van der Waals surface area contributed by atoms with Gasteiger partial charge in [0.2, 0.25) is 0 Å². The first-order valence-electron chi connectivity index (χ1n) is 10.1. The van der Waals surface area contributed by atoms with E-state index >= 15 is 0 Å². The van der Waals surface area contributed by atoms with Crippen LogP contribution in [0.15, 0.2) is 29.3 Å². The number of hydrogen-bond acceptors (Lipinski definition) is 4. The van der Waals surface area contributed by atoms with Gasteiger partial charge in [-0.05, 0) is 38.3 Å². The molecule has 1 fully saturated rings. The molecule has 2 unspecified atom stereocenters. The zero-order valence-corrected chi connectivity index (χ0v) is 20.1. The SMILES string of the molecule is CCNC(=NCC(C)CN1CCOCC1)NCC(C)Oc1ccccc1C.I. The zero-order valence-electron chi connectivity index (χ0n) is 17.7. The highest BCUT2D eigenvalue weighted by Gasteiger charge is 2.14. The van der Waals surface area contributed by atoms with Gasteiger partial charge in [-0.3, -0.25) is 9.89 Å². The van der Waals surface area contributed by atoms with Crippen LogP contribution in [-0.2, 0) is 4.74 Å². The molecule has 0 spiro atoms. The predicted octanol–water partition coefficient (Wildman–Crippen LogP) is 2.90. The molecule has 0 radical (unpaired) electrons. The number of ether oxygens (including phenoxy) is 2. The number of guanidine groups is 1. The number of halogens is 1. The van der Waals surface area contributed by atoms with Crippen LogP contribution < -0.4 is 15.4 Å². The predicted molar refractivity (Wildman–Crippen MR) is 127 cm³/mol. The van der Waals surface area contributed by atoms with E-state index in [1.54, 1.807) is 0 Å². The molecule has 0 aliphatic carbocycles. The monoisotopic (exact) mass is 504 g/mol. The fourth-order valence-corrected chi connectivity index (χ4v) is 3.06. The van der Waals surface area contributed by atoms with Gasteiger partial charge in [0.25, 0.3) is 0 Å². The molecule has 0 saturated carbocycles. The Labute approximate surface area is 187 Å². The molecule has 160 valence electrons. The van der Waals surface area contributed by atoms with Crippen molar-refractivity contribution < 1.29 is 9.47 Å². The lowest BCUT2D eigenvalue weighted by Gasteiger charge is -2.28. The quantitative estimate of drug-likeness (QED) is 0.308. The number of morpholine rings is 1. The van der Waals surface area contributed by atoms with Crippen molar-refractivity contribution in [2.45, 2.75) is 33.8 Å². The van der Waals surface area contributed by atoms with E-state index in [1.807, 2.05) is 18.2 Å². The van der Waals surface area contributed by atoms with Crippen LogP contribution in [0, 0.1) is 12.8 Å². The van der Waals surface area contributed by atoms with Crippen LogP contribution in [0.1, 0.15) is 26.3 Å². The minimum atomic E-state index is 0. The van der Waals surface area contributed by atoms with Gasteiger partial charge in [0, 0.05) is 32.7 Å². The Kier molecular flexibility index (Phi) is 12.5. The van der Waals surface area contributed by atoms with Gasteiger partial charge in [-0.25, -0.2) is 0 Å². The Bertz CT molecular complexity index is 579. The summed E-state index contributed by atoms with van der Waals surface area (Å²) in [5.41, 5.74) is 1.15. The molecule has 2 rings (SSSR count). The summed E-state index contributed by atoms with van der Waals surface area (Å²) >= 11 is 0. The third-order valence-corrected chi connectivity index (χ3v) is 4.56. The summed E-state index contributed by atoms with van der Waals surface area (Å²) in [5, 5.41) is 6.72. The van der Waals surface area contributed by atoms with E-state index in [-0.39, 0.29) is 30.1 Å². The average molecular weight is 504 g/mol. The Morgan fingerprint density at radius 3 is 2.61 bits per heavy atom. The van der Waals surface area contributed by atoms with E-state index in [1.165, 1.54) is 0 Å². The van der Waals surface area contributed by atoms with Gasteiger partial charge in [-0.15, -0.1) is 24.0 Å². The molecule has 0 amide bonds. The summed E-state index contributed by atoms with van der Waals surface area (Å²) in [4.78, 5) is 7.22. The summed E-state index contributed by atoms with van der Waals surface area (Å²) in [5.74, 6) is 2.30. The smallest absolute Gasteiger partial charge is 0.191 e. The summed E-state index contributed by atoms with van der Waals surface area (Å²) in [6.45, 7) is 15.7. The molecule has 0 aromatic heterocycles. The largest absolute Gasteiger partial charge is 0.489 e. The van der Waals surface area contributed by atoms with Crippen LogP contribution in [0.4, 0.5) is 0 Å². The number of nitrogens with zero attached hydrogens (tertiary/aromatic N) is 2. The van der Waals surface area contributed by atoms with Crippen molar-refractivity contribution in [2.75, 3.05) is 52.5 Å². The number of para-hydroxylation sites is 1. The number of aryl methyl sites for hydroxylation is 1. The molecule has 1 saturated heterocycles. The number of aliphatic imine (C=N–C) groups is 1. The van der Waals surface area contributed by atoms with Crippen molar-refractivity contribution in [2.24, 2.45) is 10.9 Å². The molecule has 1 aromatic rings. The van der Waals surface area contributed by atoms with Crippen LogP contribution in [0.2, 0.25) is 0 Å². The van der Waals surface area contributed by atoms with Gasteiger partial charge in [0.15, 0.2) is 5.96 Å². The average Bonchev–Trinajstić information content (AvgIpc) is 2.66. The lowest BCUT2D eigenvalue weighted by atomic mass is 10.1. The third-order valence-electron chi connectivity index (χ3n) is 4.56. The van der Waals surface area contributed by atoms with Gasteiger partial charge < -0.3 is 20.1 Å². The van der Waals surface area contributed by atoms with Crippen molar-refractivity contribution in [3.63, 3.8) is 0 Å². The van der Waals surface area contributed by atoms with Crippen LogP contribution in [-0.4, -0.2) is 69.4 Å². The maximum absolute atomic E-state index is 6.04. The van der Waals surface area contributed by atoms with Gasteiger partial charge in [0.05, 0.1) is 19.8 Å². The van der Waals surface area contributed by atoms with Crippen molar-refractivity contribution >= 4 is 29.9 Å². The van der Waals surface area contributed by atoms with E-state index in [0.717, 1.165) is 63.2 Å². The normalized spacial score (nSPS) is 17.4. The molecule has 6 nitrogen and oxygen atoms in total. The molecule has 1 aliphatic heterocycles. The van der Waals surface area contributed by atoms with Gasteiger partial charge >= 0.3 is 0 Å². The lowest BCUT2D eigenvalue weighted by molar-refractivity contribution is 0.0323. The van der Waals surface area contributed by atoms with Gasteiger partial charge in [-0.2, -0.15) is 0 Å². The second-order valence-corrected chi connectivity index (χ2v) is 7.31. The molecule has 2 atom stereocenters. The highest BCUT2D eigenvalue weighted by Crippen LogP contribution is 2.17. The van der Waals surface area contributed by atoms with Crippen LogP contribution >= 0.6 is 24.0 Å². The van der Waals surface area contributed by atoms with Crippen molar-refractivity contribution in [3.8, 4) is 5.75 Å². The fourth-order valence-electron chi connectivity index (χ4n) is 3.06.